The summed E-state index contributed by atoms with van der Waals surface area (Å²) >= 11 is 1.58. The van der Waals surface area contributed by atoms with Gasteiger partial charge in [-0.3, -0.25) is 0 Å². The molecule has 1 atom stereocenters. The Hall–Kier alpha value is -2.02. The normalized spacial score (nSPS) is 19.2. The molecule has 1 fully saturated rings. The molecule has 7 heteroatoms. The lowest BCUT2D eigenvalue weighted by atomic mass is 10.0. The van der Waals surface area contributed by atoms with Gasteiger partial charge in [0, 0.05) is 24.5 Å². The average Bonchev–Trinajstić information content (AvgIpc) is 2.86. The summed E-state index contributed by atoms with van der Waals surface area (Å²) in [4.78, 5) is 18.2. The summed E-state index contributed by atoms with van der Waals surface area (Å²) in [5.74, 6) is 0. The smallest absolute Gasteiger partial charge is 0.404 e. The Bertz CT molecular complexity index is 642. The van der Waals surface area contributed by atoms with Gasteiger partial charge in [-0.05, 0) is 24.3 Å². The van der Waals surface area contributed by atoms with Crippen LogP contribution in [0.25, 0.3) is 10.2 Å². The number of carbonyl (C=O) groups is 1. The Labute approximate surface area is 120 Å². The number of fused-ring (bicyclic) bond motifs is 1. The van der Waals surface area contributed by atoms with Crippen LogP contribution in [0.4, 0.5) is 16.2 Å². The third-order valence-electron chi connectivity index (χ3n) is 3.56. The standard InChI is InChI=1S/C13H16N4O2S/c14-10-6-15-12-9(3-5-20-12)11(10)17-4-1-2-8(7-17)16-13(18)19/h3,5-6,8,16H,1-2,4,7,14H2,(H,18,19)/t8-/m0/s1. The van der Waals surface area contributed by atoms with Crippen molar-refractivity contribution < 1.29 is 9.90 Å². The zero-order valence-corrected chi connectivity index (χ0v) is 11.7. The van der Waals surface area contributed by atoms with Crippen molar-refractivity contribution in [2.75, 3.05) is 23.7 Å². The van der Waals surface area contributed by atoms with Gasteiger partial charge in [-0.1, -0.05) is 0 Å². The highest BCUT2D eigenvalue weighted by atomic mass is 32.1. The van der Waals surface area contributed by atoms with Crippen molar-refractivity contribution in [3.63, 3.8) is 0 Å². The SMILES string of the molecule is Nc1cnc2sccc2c1N1CCC[C@H](NC(=O)O)C1. The molecule has 106 valence electrons. The predicted molar refractivity (Wildman–Crippen MR) is 80.4 cm³/mol. The number of nitrogens with one attached hydrogen (secondary N) is 1. The highest BCUT2D eigenvalue weighted by Crippen LogP contribution is 2.35. The largest absolute Gasteiger partial charge is 0.465 e. The van der Waals surface area contributed by atoms with E-state index >= 15 is 0 Å². The van der Waals surface area contributed by atoms with Gasteiger partial charge in [0.25, 0.3) is 0 Å². The Morgan fingerprint density at radius 1 is 1.60 bits per heavy atom. The third-order valence-corrected chi connectivity index (χ3v) is 4.38. The van der Waals surface area contributed by atoms with E-state index < -0.39 is 6.09 Å². The molecule has 0 aromatic carbocycles. The second kappa shape index (κ2) is 5.16. The Balaban J connectivity index is 1.92. The number of amides is 1. The molecule has 3 rings (SSSR count). The van der Waals surface area contributed by atoms with Crippen LogP contribution in [0.15, 0.2) is 17.6 Å². The van der Waals surface area contributed by atoms with Gasteiger partial charge >= 0.3 is 6.09 Å². The van der Waals surface area contributed by atoms with Crippen LogP contribution >= 0.6 is 11.3 Å². The van der Waals surface area contributed by atoms with Crippen molar-refractivity contribution in [2.45, 2.75) is 18.9 Å². The number of hydrogen-bond donors (Lipinski definition) is 3. The first-order valence-corrected chi connectivity index (χ1v) is 7.39. The lowest BCUT2D eigenvalue weighted by molar-refractivity contribution is 0.188. The second-order valence-corrected chi connectivity index (χ2v) is 5.83. The average molecular weight is 292 g/mol. The van der Waals surface area contributed by atoms with Gasteiger partial charge in [-0.25, -0.2) is 9.78 Å². The minimum absolute atomic E-state index is 0.0532. The van der Waals surface area contributed by atoms with Crippen molar-refractivity contribution in [2.24, 2.45) is 0 Å². The number of nitrogens with zero attached hydrogens (tertiary/aromatic N) is 2. The van der Waals surface area contributed by atoms with Crippen molar-refractivity contribution in [3.8, 4) is 0 Å². The fourth-order valence-electron chi connectivity index (χ4n) is 2.75. The molecular formula is C13H16N4O2S. The van der Waals surface area contributed by atoms with E-state index in [0.717, 1.165) is 35.3 Å². The number of carboxylic acid groups (broad SMARTS) is 1. The summed E-state index contributed by atoms with van der Waals surface area (Å²) in [7, 11) is 0. The van der Waals surface area contributed by atoms with Gasteiger partial charge in [0.05, 0.1) is 17.6 Å². The molecular weight excluding hydrogens is 276 g/mol. The number of aromatic nitrogens is 1. The Kier molecular flexibility index (Phi) is 3.35. The zero-order chi connectivity index (χ0) is 14.1. The van der Waals surface area contributed by atoms with Crippen LogP contribution in [-0.2, 0) is 0 Å². The molecule has 2 aromatic rings. The van der Waals surface area contributed by atoms with Crippen molar-refractivity contribution in [1.29, 1.82) is 0 Å². The van der Waals surface area contributed by atoms with E-state index in [4.69, 9.17) is 10.8 Å². The van der Waals surface area contributed by atoms with Crippen molar-refractivity contribution in [3.05, 3.63) is 17.6 Å². The van der Waals surface area contributed by atoms with Crippen LogP contribution in [0, 0.1) is 0 Å². The number of nitrogens with two attached hydrogens (primary N) is 1. The van der Waals surface area contributed by atoms with Crippen LogP contribution in [0.3, 0.4) is 0 Å². The van der Waals surface area contributed by atoms with Crippen molar-refractivity contribution >= 4 is 39.0 Å². The minimum Gasteiger partial charge on any atom is -0.465 e. The van der Waals surface area contributed by atoms with Gasteiger partial charge < -0.3 is 21.1 Å². The number of piperidine rings is 1. The zero-order valence-electron chi connectivity index (χ0n) is 10.9. The Morgan fingerprint density at radius 3 is 3.25 bits per heavy atom. The highest BCUT2D eigenvalue weighted by molar-refractivity contribution is 7.16. The van der Waals surface area contributed by atoms with E-state index in [1.54, 1.807) is 17.5 Å². The summed E-state index contributed by atoms with van der Waals surface area (Å²) in [5, 5.41) is 14.5. The molecule has 0 unspecified atom stereocenters. The number of anilines is 2. The second-order valence-electron chi connectivity index (χ2n) is 4.94. The topological polar surface area (TPSA) is 91.5 Å². The lowest BCUT2D eigenvalue weighted by Crippen LogP contribution is -2.47. The first kappa shape index (κ1) is 13.0. The summed E-state index contributed by atoms with van der Waals surface area (Å²) in [6.07, 6.45) is 2.52. The maximum Gasteiger partial charge on any atom is 0.404 e. The third kappa shape index (κ3) is 2.36. The maximum absolute atomic E-state index is 10.8. The van der Waals surface area contributed by atoms with E-state index in [1.165, 1.54) is 0 Å². The molecule has 0 radical (unpaired) electrons. The van der Waals surface area contributed by atoms with Gasteiger partial charge in [-0.15, -0.1) is 11.3 Å². The van der Waals surface area contributed by atoms with E-state index in [2.05, 4.69) is 15.2 Å². The van der Waals surface area contributed by atoms with Crippen LogP contribution in [-0.4, -0.2) is 35.3 Å². The number of hydrogen-bond acceptors (Lipinski definition) is 5. The lowest BCUT2D eigenvalue weighted by Gasteiger charge is -2.35. The molecule has 6 nitrogen and oxygen atoms in total. The van der Waals surface area contributed by atoms with Gasteiger partial charge in [-0.2, -0.15) is 0 Å². The molecule has 0 aliphatic carbocycles. The van der Waals surface area contributed by atoms with E-state index in [-0.39, 0.29) is 6.04 Å². The van der Waals surface area contributed by atoms with Gasteiger partial charge in [0.1, 0.15) is 4.83 Å². The molecule has 20 heavy (non-hydrogen) atoms. The minimum atomic E-state index is -0.972. The predicted octanol–water partition coefficient (Wildman–Crippen LogP) is 2.11. The van der Waals surface area contributed by atoms with Crippen LogP contribution < -0.4 is 16.0 Å². The molecule has 4 N–H and O–H groups in total. The summed E-state index contributed by atoms with van der Waals surface area (Å²) < 4.78 is 0. The van der Waals surface area contributed by atoms with E-state index in [0.29, 0.717) is 12.2 Å². The highest BCUT2D eigenvalue weighted by Gasteiger charge is 2.24. The molecule has 1 amide bonds. The molecule has 0 saturated carbocycles. The molecule has 0 spiro atoms. The number of pyridine rings is 1. The number of thiophene rings is 1. The molecule has 0 bridgehead atoms. The molecule has 1 saturated heterocycles. The fourth-order valence-corrected chi connectivity index (χ4v) is 3.49. The van der Waals surface area contributed by atoms with Crippen LogP contribution in [0.1, 0.15) is 12.8 Å². The van der Waals surface area contributed by atoms with Crippen LogP contribution in [0.5, 0.6) is 0 Å². The summed E-state index contributed by atoms with van der Waals surface area (Å²) in [5.41, 5.74) is 7.71. The summed E-state index contributed by atoms with van der Waals surface area (Å²) in [6.45, 7) is 1.53. The quantitative estimate of drug-likeness (QED) is 0.788. The number of rotatable bonds is 2. The monoisotopic (exact) mass is 292 g/mol. The first-order chi connectivity index (χ1) is 9.65. The van der Waals surface area contributed by atoms with Gasteiger partial charge in [0.15, 0.2) is 0 Å². The van der Waals surface area contributed by atoms with Crippen LogP contribution in [0.2, 0.25) is 0 Å². The van der Waals surface area contributed by atoms with E-state index in [1.807, 2.05) is 11.4 Å². The number of nitrogen functional groups attached to an aromatic ring is 1. The maximum atomic E-state index is 10.8. The molecule has 1 aliphatic heterocycles. The molecule has 2 aromatic heterocycles. The summed E-state index contributed by atoms with van der Waals surface area (Å²) in [6, 6.07) is 1.97. The molecule has 3 heterocycles. The molecule has 1 aliphatic rings. The van der Waals surface area contributed by atoms with Gasteiger partial charge in [0.2, 0.25) is 0 Å². The first-order valence-electron chi connectivity index (χ1n) is 6.51. The van der Waals surface area contributed by atoms with E-state index in [9.17, 15) is 4.79 Å². The fraction of sp³-hybridized carbons (Fsp3) is 0.385. The Morgan fingerprint density at radius 2 is 2.45 bits per heavy atom. The van der Waals surface area contributed by atoms with Crippen molar-refractivity contribution in [1.82, 2.24) is 10.3 Å².